The van der Waals surface area contributed by atoms with E-state index in [1.165, 1.54) is 38.5 Å². The van der Waals surface area contributed by atoms with Crippen molar-refractivity contribution in [2.24, 2.45) is 0 Å². The summed E-state index contributed by atoms with van der Waals surface area (Å²) < 4.78 is 5.44. The van der Waals surface area contributed by atoms with Gasteiger partial charge in [0.25, 0.3) is 0 Å². The van der Waals surface area contributed by atoms with Crippen LogP contribution < -0.4 is 0 Å². The normalized spacial score (nSPS) is 9.50. The van der Waals surface area contributed by atoms with Crippen molar-refractivity contribution in [2.75, 3.05) is 13.2 Å². The third kappa shape index (κ3) is 13.1. The van der Waals surface area contributed by atoms with Crippen LogP contribution in [-0.2, 0) is 21.8 Å². The van der Waals surface area contributed by atoms with Crippen LogP contribution in [-0.4, -0.2) is 13.2 Å². The number of rotatable bonds is 8. The summed E-state index contributed by atoms with van der Waals surface area (Å²) >= 11 is 0. The maximum Gasteiger partial charge on any atom is 3.00 e. The molecule has 0 N–H and O–H groups in total. The molecular weight excluding hydrogens is 192 g/mol. The van der Waals surface area contributed by atoms with Gasteiger partial charge in [-0.1, -0.05) is 39.5 Å². The van der Waals surface area contributed by atoms with Gasteiger partial charge in [0.05, 0.1) is 0 Å². The summed E-state index contributed by atoms with van der Waals surface area (Å²) in [7, 11) is 0. The SMILES string of the molecule is CCCCCOCCCCC.[Fe+3]. The molecule has 0 aliphatic rings. The molecule has 1 nitrogen and oxygen atoms in total. The largest absolute Gasteiger partial charge is 3.00 e. The van der Waals surface area contributed by atoms with Gasteiger partial charge in [-0.2, -0.15) is 0 Å². The van der Waals surface area contributed by atoms with Crippen LogP contribution in [0.1, 0.15) is 52.4 Å². The zero-order valence-electron chi connectivity index (χ0n) is 8.42. The number of hydrogen-bond acceptors (Lipinski definition) is 1. The molecule has 0 aromatic heterocycles. The van der Waals surface area contributed by atoms with Gasteiger partial charge in [-0.3, -0.25) is 0 Å². The summed E-state index contributed by atoms with van der Waals surface area (Å²) in [5.41, 5.74) is 0. The zero-order valence-corrected chi connectivity index (χ0v) is 9.52. The van der Waals surface area contributed by atoms with Gasteiger partial charge < -0.3 is 4.74 Å². The van der Waals surface area contributed by atoms with Gasteiger partial charge >= 0.3 is 17.1 Å². The van der Waals surface area contributed by atoms with Gasteiger partial charge in [0.1, 0.15) is 0 Å². The van der Waals surface area contributed by atoms with Crippen LogP contribution in [0.2, 0.25) is 0 Å². The van der Waals surface area contributed by atoms with Crippen molar-refractivity contribution in [2.45, 2.75) is 52.4 Å². The molecule has 0 heterocycles. The van der Waals surface area contributed by atoms with Gasteiger partial charge in [-0.05, 0) is 12.8 Å². The molecule has 0 spiro atoms. The Hall–Kier alpha value is 0.479. The minimum atomic E-state index is 0. The van der Waals surface area contributed by atoms with Gasteiger partial charge in [-0.25, -0.2) is 0 Å². The van der Waals surface area contributed by atoms with Crippen LogP contribution in [0.3, 0.4) is 0 Å². The smallest absolute Gasteiger partial charge is 0.381 e. The quantitative estimate of drug-likeness (QED) is 0.444. The van der Waals surface area contributed by atoms with E-state index >= 15 is 0 Å². The fourth-order valence-corrected chi connectivity index (χ4v) is 1.01. The minimum Gasteiger partial charge on any atom is -0.381 e. The standard InChI is InChI=1S/C10H22O.Fe/c1-3-5-7-9-11-10-8-6-4-2;/h3-10H2,1-2H3;/q;+3. The Bertz CT molecular complexity index is 58.9. The first-order valence-electron chi connectivity index (χ1n) is 4.99. The molecule has 0 unspecified atom stereocenters. The van der Waals surface area contributed by atoms with E-state index in [0.717, 1.165) is 13.2 Å². The molecule has 0 amide bonds. The molecule has 0 fully saturated rings. The van der Waals surface area contributed by atoms with Gasteiger partial charge in [0, 0.05) is 13.2 Å². The topological polar surface area (TPSA) is 9.23 Å². The molecule has 0 atom stereocenters. The first-order valence-corrected chi connectivity index (χ1v) is 4.99. The van der Waals surface area contributed by atoms with Crippen LogP contribution in [0, 0.1) is 0 Å². The van der Waals surface area contributed by atoms with E-state index in [4.69, 9.17) is 4.74 Å². The molecule has 0 rings (SSSR count). The summed E-state index contributed by atoms with van der Waals surface area (Å²) in [6.07, 6.45) is 7.68. The van der Waals surface area contributed by atoms with Crippen LogP contribution in [0.5, 0.6) is 0 Å². The van der Waals surface area contributed by atoms with Crippen molar-refractivity contribution in [1.82, 2.24) is 0 Å². The van der Waals surface area contributed by atoms with Crippen molar-refractivity contribution in [3.05, 3.63) is 0 Å². The van der Waals surface area contributed by atoms with E-state index in [-0.39, 0.29) is 17.1 Å². The molecule has 2 heteroatoms. The molecule has 0 aliphatic carbocycles. The van der Waals surface area contributed by atoms with Crippen LogP contribution in [0.25, 0.3) is 0 Å². The second-order valence-corrected chi connectivity index (χ2v) is 3.03. The minimum absolute atomic E-state index is 0. The summed E-state index contributed by atoms with van der Waals surface area (Å²) in [6.45, 7) is 6.38. The molecule has 12 heavy (non-hydrogen) atoms. The fourth-order valence-electron chi connectivity index (χ4n) is 1.01. The fraction of sp³-hybridized carbons (Fsp3) is 1.00. The molecule has 0 bridgehead atoms. The summed E-state index contributed by atoms with van der Waals surface area (Å²) in [5.74, 6) is 0. The molecular formula is C10H22FeO+3. The Morgan fingerprint density at radius 3 is 1.50 bits per heavy atom. The van der Waals surface area contributed by atoms with Crippen molar-refractivity contribution in [3.63, 3.8) is 0 Å². The van der Waals surface area contributed by atoms with Gasteiger partial charge in [0.2, 0.25) is 0 Å². The van der Waals surface area contributed by atoms with E-state index in [1.807, 2.05) is 0 Å². The summed E-state index contributed by atoms with van der Waals surface area (Å²) in [4.78, 5) is 0. The number of hydrogen-bond donors (Lipinski definition) is 0. The molecule has 0 saturated carbocycles. The van der Waals surface area contributed by atoms with Gasteiger partial charge in [-0.15, -0.1) is 0 Å². The predicted octanol–water partition coefficient (Wildman–Crippen LogP) is 3.38. The molecule has 73 valence electrons. The average Bonchev–Trinajstić information content (AvgIpc) is 2.03. The Morgan fingerprint density at radius 2 is 1.17 bits per heavy atom. The summed E-state index contributed by atoms with van der Waals surface area (Å²) in [6, 6.07) is 0. The summed E-state index contributed by atoms with van der Waals surface area (Å²) in [5, 5.41) is 0. The third-order valence-corrected chi connectivity index (χ3v) is 1.78. The Kier molecular flexibility index (Phi) is 17.5. The van der Waals surface area contributed by atoms with E-state index in [9.17, 15) is 0 Å². The first kappa shape index (κ1) is 15.0. The Morgan fingerprint density at radius 1 is 0.750 bits per heavy atom. The first-order chi connectivity index (χ1) is 5.41. The van der Waals surface area contributed by atoms with Crippen LogP contribution >= 0.6 is 0 Å². The monoisotopic (exact) mass is 214 g/mol. The van der Waals surface area contributed by atoms with Crippen LogP contribution in [0.15, 0.2) is 0 Å². The van der Waals surface area contributed by atoms with Crippen molar-refractivity contribution in [3.8, 4) is 0 Å². The maximum atomic E-state index is 5.44. The van der Waals surface area contributed by atoms with E-state index in [0.29, 0.717) is 0 Å². The molecule has 0 aliphatic heterocycles. The van der Waals surface area contributed by atoms with E-state index < -0.39 is 0 Å². The molecule has 0 aromatic rings. The van der Waals surface area contributed by atoms with Crippen molar-refractivity contribution < 1.29 is 21.8 Å². The average molecular weight is 214 g/mol. The van der Waals surface area contributed by atoms with Gasteiger partial charge in [0.15, 0.2) is 0 Å². The van der Waals surface area contributed by atoms with Crippen LogP contribution in [0.4, 0.5) is 0 Å². The molecule has 0 aromatic carbocycles. The number of ether oxygens (including phenoxy) is 1. The predicted molar refractivity (Wildman–Crippen MR) is 49.9 cm³/mol. The third-order valence-electron chi connectivity index (χ3n) is 1.78. The molecule has 1 radical (unpaired) electrons. The molecule has 0 saturated heterocycles. The van der Waals surface area contributed by atoms with Crippen molar-refractivity contribution in [1.29, 1.82) is 0 Å². The number of unbranched alkanes of at least 4 members (excludes halogenated alkanes) is 4. The Labute approximate surface area is 87.7 Å². The second-order valence-electron chi connectivity index (χ2n) is 3.03. The second kappa shape index (κ2) is 14.0. The Balaban J connectivity index is 0. The zero-order chi connectivity index (χ0) is 8.36. The van der Waals surface area contributed by atoms with Crippen molar-refractivity contribution >= 4 is 0 Å². The van der Waals surface area contributed by atoms with E-state index in [1.54, 1.807) is 0 Å². The van der Waals surface area contributed by atoms with E-state index in [2.05, 4.69) is 13.8 Å². The maximum absolute atomic E-state index is 5.44.